The van der Waals surface area contributed by atoms with E-state index in [1.54, 1.807) is 30.1 Å². The second-order valence-corrected chi connectivity index (χ2v) is 5.86. The Bertz CT molecular complexity index is 1090. The minimum absolute atomic E-state index is 0.304. The van der Waals surface area contributed by atoms with Crippen LogP contribution in [-0.4, -0.2) is 45.6 Å². The molecule has 1 amide bonds. The molecule has 0 saturated heterocycles. The summed E-state index contributed by atoms with van der Waals surface area (Å²) in [4.78, 5) is 26.0. The lowest BCUT2D eigenvalue weighted by molar-refractivity contribution is 0.102. The third-order valence-corrected chi connectivity index (χ3v) is 4.01. The van der Waals surface area contributed by atoms with Crippen molar-refractivity contribution in [1.29, 1.82) is 0 Å². The molecule has 4 aromatic rings. The Morgan fingerprint density at radius 3 is 2.52 bits per heavy atom. The highest BCUT2D eigenvalue weighted by atomic mass is 35.5. The van der Waals surface area contributed by atoms with Gasteiger partial charge in [-0.25, -0.2) is 19.6 Å². The van der Waals surface area contributed by atoms with Gasteiger partial charge in [-0.3, -0.25) is 4.79 Å². The van der Waals surface area contributed by atoms with Gasteiger partial charge in [0.05, 0.1) is 59.1 Å². The monoisotopic (exact) mass is 381 g/mol. The summed E-state index contributed by atoms with van der Waals surface area (Å²) in [6, 6.07) is 1.58. The van der Waals surface area contributed by atoms with E-state index in [9.17, 15) is 4.79 Å². The summed E-state index contributed by atoms with van der Waals surface area (Å²) in [6.07, 6.45) is 10.6. The number of anilines is 1. The molecule has 11 heteroatoms. The molecule has 4 aromatic heterocycles. The molecule has 1 N–H and O–H groups in total. The van der Waals surface area contributed by atoms with Crippen LogP contribution in [0.25, 0.3) is 11.5 Å². The maximum Gasteiger partial charge on any atom is 0.259 e. The first-order valence-electron chi connectivity index (χ1n) is 7.77. The summed E-state index contributed by atoms with van der Waals surface area (Å²) in [6.45, 7) is 1.78. The average Bonchev–Trinajstić information content (AvgIpc) is 3.32. The van der Waals surface area contributed by atoms with E-state index in [0.29, 0.717) is 33.5 Å². The van der Waals surface area contributed by atoms with Gasteiger partial charge in [0.15, 0.2) is 5.82 Å². The normalized spacial score (nSPS) is 10.7. The predicted molar refractivity (Wildman–Crippen MR) is 96.0 cm³/mol. The van der Waals surface area contributed by atoms with E-state index in [1.807, 2.05) is 0 Å². The van der Waals surface area contributed by atoms with Crippen molar-refractivity contribution in [2.45, 2.75) is 6.92 Å². The fourth-order valence-corrected chi connectivity index (χ4v) is 2.71. The molecule has 0 fully saturated rings. The van der Waals surface area contributed by atoms with Gasteiger partial charge in [0, 0.05) is 0 Å². The van der Waals surface area contributed by atoms with Crippen LogP contribution in [0.3, 0.4) is 0 Å². The number of hydrogen-bond acceptors (Lipinski definition) is 7. The van der Waals surface area contributed by atoms with E-state index in [1.165, 1.54) is 35.9 Å². The molecule has 0 bridgehead atoms. The van der Waals surface area contributed by atoms with E-state index < -0.39 is 0 Å². The van der Waals surface area contributed by atoms with Crippen LogP contribution in [0.2, 0.25) is 5.02 Å². The number of pyridine rings is 1. The van der Waals surface area contributed by atoms with Gasteiger partial charge in [0.1, 0.15) is 12.0 Å². The maximum atomic E-state index is 12.6. The number of aromatic nitrogens is 8. The van der Waals surface area contributed by atoms with Gasteiger partial charge in [-0.2, -0.15) is 15.3 Å². The zero-order valence-corrected chi connectivity index (χ0v) is 14.7. The standard InChI is InChI=1S/C16H12ClN9O/c1-10-13(8-23-25(10)12-6-18-9-19-7-12)16(27)24-11-4-14(17)15(20-5-11)26-21-2-3-22-26/h2-9H,1H3,(H,24,27). The topological polar surface area (TPSA) is 116 Å². The van der Waals surface area contributed by atoms with Crippen molar-refractivity contribution in [2.75, 3.05) is 5.32 Å². The number of nitrogens with one attached hydrogen (secondary N) is 1. The summed E-state index contributed by atoms with van der Waals surface area (Å²) < 4.78 is 1.59. The Morgan fingerprint density at radius 2 is 1.81 bits per heavy atom. The number of amides is 1. The first-order chi connectivity index (χ1) is 13.1. The SMILES string of the molecule is Cc1c(C(=O)Nc2cnc(-n3nccn3)c(Cl)c2)cnn1-c1cncnc1. The lowest BCUT2D eigenvalue weighted by Crippen LogP contribution is -2.14. The summed E-state index contributed by atoms with van der Waals surface area (Å²) in [5.41, 5.74) is 2.16. The molecule has 4 heterocycles. The molecule has 0 aliphatic heterocycles. The third-order valence-electron chi connectivity index (χ3n) is 3.73. The number of carbonyl (C=O) groups is 1. The van der Waals surface area contributed by atoms with Crippen LogP contribution in [0.4, 0.5) is 5.69 Å². The molecular formula is C16H12ClN9O. The highest BCUT2D eigenvalue weighted by Crippen LogP contribution is 2.21. The summed E-state index contributed by atoms with van der Waals surface area (Å²) >= 11 is 6.22. The fraction of sp³-hybridized carbons (Fsp3) is 0.0625. The van der Waals surface area contributed by atoms with Gasteiger partial charge in [0.2, 0.25) is 0 Å². The lowest BCUT2D eigenvalue weighted by Gasteiger charge is -2.08. The van der Waals surface area contributed by atoms with Gasteiger partial charge < -0.3 is 5.32 Å². The average molecular weight is 382 g/mol. The van der Waals surface area contributed by atoms with Crippen molar-refractivity contribution in [3.05, 3.63) is 65.9 Å². The van der Waals surface area contributed by atoms with Gasteiger partial charge in [-0.05, 0) is 13.0 Å². The van der Waals surface area contributed by atoms with Gasteiger partial charge in [-0.1, -0.05) is 11.6 Å². The largest absolute Gasteiger partial charge is 0.320 e. The Hall–Kier alpha value is -3.66. The molecule has 27 heavy (non-hydrogen) atoms. The van der Waals surface area contributed by atoms with E-state index in [2.05, 4.69) is 35.6 Å². The van der Waals surface area contributed by atoms with Crippen LogP contribution in [0, 0.1) is 6.92 Å². The molecular weight excluding hydrogens is 370 g/mol. The molecule has 0 aromatic carbocycles. The molecule has 0 unspecified atom stereocenters. The fourth-order valence-electron chi connectivity index (χ4n) is 2.46. The van der Waals surface area contributed by atoms with Gasteiger partial charge in [-0.15, -0.1) is 4.80 Å². The zero-order valence-electron chi connectivity index (χ0n) is 14.0. The number of rotatable bonds is 4. The molecule has 0 atom stereocenters. The Morgan fingerprint density at radius 1 is 1.07 bits per heavy atom. The number of hydrogen-bond donors (Lipinski definition) is 1. The van der Waals surface area contributed by atoms with Crippen LogP contribution in [0.15, 0.2) is 49.6 Å². The number of carbonyl (C=O) groups excluding carboxylic acids is 1. The van der Waals surface area contributed by atoms with E-state index in [-0.39, 0.29) is 5.91 Å². The van der Waals surface area contributed by atoms with Crippen molar-refractivity contribution in [2.24, 2.45) is 0 Å². The molecule has 0 aliphatic carbocycles. The zero-order chi connectivity index (χ0) is 18.8. The molecule has 0 aliphatic rings. The number of halogens is 1. The smallest absolute Gasteiger partial charge is 0.259 e. The van der Waals surface area contributed by atoms with E-state index in [4.69, 9.17) is 11.6 Å². The minimum atomic E-state index is -0.335. The van der Waals surface area contributed by atoms with Crippen molar-refractivity contribution in [3.63, 3.8) is 0 Å². The Kier molecular flexibility index (Phi) is 4.30. The van der Waals surface area contributed by atoms with Gasteiger partial charge >= 0.3 is 0 Å². The third kappa shape index (κ3) is 3.25. The highest BCUT2D eigenvalue weighted by Gasteiger charge is 2.16. The predicted octanol–water partition coefficient (Wildman–Crippen LogP) is 1.85. The molecule has 0 spiro atoms. The van der Waals surface area contributed by atoms with Crippen LogP contribution in [0.5, 0.6) is 0 Å². The second-order valence-electron chi connectivity index (χ2n) is 5.45. The summed E-state index contributed by atoms with van der Waals surface area (Å²) in [7, 11) is 0. The van der Waals surface area contributed by atoms with Crippen molar-refractivity contribution in [3.8, 4) is 11.5 Å². The molecule has 10 nitrogen and oxygen atoms in total. The maximum absolute atomic E-state index is 12.6. The first kappa shape index (κ1) is 16.8. The Balaban J connectivity index is 1.56. The van der Waals surface area contributed by atoms with Crippen LogP contribution < -0.4 is 5.32 Å². The first-order valence-corrected chi connectivity index (χ1v) is 8.15. The van der Waals surface area contributed by atoms with E-state index >= 15 is 0 Å². The quantitative estimate of drug-likeness (QED) is 0.573. The molecule has 4 rings (SSSR count). The van der Waals surface area contributed by atoms with Crippen LogP contribution in [-0.2, 0) is 0 Å². The minimum Gasteiger partial charge on any atom is -0.320 e. The van der Waals surface area contributed by atoms with Crippen molar-refractivity contribution < 1.29 is 4.79 Å². The van der Waals surface area contributed by atoms with Gasteiger partial charge in [0.25, 0.3) is 5.91 Å². The molecule has 134 valence electrons. The highest BCUT2D eigenvalue weighted by molar-refractivity contribution is 6.32. The van der Waals surface area contributed by atoms with Crippen molar-refractivity contribution in [1.82, 2.24) is 39.7 Å². The van der Waals surface area contributed by atoms with Crippen LogP contribution in [0.1, 0.15) is 16.1 Å². The Labute approximate surface area is 157 Å². The molecule has 0 radical (unpaired) electrons. The summed E-state index contributed by atoms with van der Waals surface area (Å²) in [5.74, 6) is 0.0335. The van der Waals surface area contributed by atoms with Crippen molar-refractivity contribution >= 4 is 23.2 Å². The summed E-state index contributed by atoms with van der Waals surface area (Å²) in [5, 5.41) is 15.2. The molecule has 0 saturated carbocycles. The number of nitrogens with zero attached hydrogens (tertiary/aromatic N) is 8. The second kappa shape index (κ2) is 6.92. The lowest BCUT2D eigenvalue weighted by atomic mass is 10.2. The van der Waals surface area contributed by atoms with E-state index in [0.717, 1.165) is 0 Å². The van der Waals surface area contributed by atoms with Crippen LogP contribution >= 0.6 is 11.6 Å².